The molecule has 0 aliphatic rings. The van der Waals surface area contributed by atoms with Gasteiger partial charge in [0.05, 0.1) is 12.7 Å². The first-order valence-corrected chi connectivity index (χ1v) is 8.69. The highest BCUT2D eigenvalue weighted by atomic mass is 19.4. The van der Waals surface area contributed by atoms with Crippen LogP contribution >= 0.6 is 0 Å². The average molecular weight is 379 g/mol. The van der Waals surface area contributed by atoms with Crippen LogP contribution in [-0.2, 0) is 22.8 Å². The lowest BCUT2D eigenvalue weighted by Gasteiger charge is -2.26. The summed E-state index contributed by atoms with van der Waals surface area (Å²) in [7, 11) is 1.59. The van der Waals surface area contributed by atoms with E-state index in [1.54, 1.807) is 13.2 Å². The molecule has 0 aromatic heterocycles. The Kier molecular flexibility index (Phi) is 6.52. The van der Waals surface area contributed by atoms with Gasteiger partial charge in [-0.25, -0.2) is 0 Å². The summed E-state index contributed by atoms with van der Waals surface area (Å²) in [5, 5.41) is 2.83. The Morgan fingerprint density at radius 3 is 2.37 bits per heavy atom. The van der Waals surface area contributed by atoms with E-state index in [0.717, 1.165) is 23.4 Å². The summed E-state index contributed by atoms with van der Waals surface area (Å²) in [5.74, 6) is 0.594. The quantitative estimate of drug-likeness (QED) is 0.755. The number of benzene rings is 2. The highest BCUT2D eigenvalue weighted by Crippen LogP contribution is 2.32. The standard InChI is InChI=1S/C21H24F3NO2/c1-20(2,16-7-5-8-17(13-16)21(22,23)24)14-25-19(26)11-10-15-6-4-9-18(12-15)27-3/h4-9,12-13H,10-11,14H2,1-3H3,(H,25,26). The Morgan fingerprint density at radius 1 is 1.04 bits per heavy atom. The molecule has 0 radical (unpaired) electrons. The third-order valence-electron chi connectivity index (χ3n) is 4.47. The van der Waals surface area contributed by atoms with E-state index in [0.29, 0.717) is 18.4 Å². The fraction of sp³-hybridized carbons (Fsp3) is 0.381. The molecule has 27 heavy (non-hydrogen) atoms. The highest BCUT2D eigenvalue weighted by Gasteiger charge is 2.32. The Balaban J connectivity index is 1.93. The molecule has 0 heterocycles. The van der Waals surface area contributed by atoms with E-state index in [9.17, 15) is 18.0 Å². The van der Waals surface area contributed by atoms with Gasteiger partial charge in [0.1, 0.15) is 5.75 Å². The van der Waals surface area contributed by atoms with E-state index in [4.69, 9.17) is 4.74 Å². The molecule has 0 atom stereocenters. The molecule has 0 saturated carbocycles. The summed E-state index contributed by atoms with van der Waals surface area (Å²) in [6.07, 6.45) is -3.52. The Bertz CT molecular complexity index is 785. The van der Waals surface area contributed by atoms with Crippen molar-refractivity contribution in [3.05, 3.63) is 65.2 Å². The molecular formula is C21H24F3NO2. The average Bonchev–Trinajstić information content (AvgIpc) is 2.64. The van der Waals surface area contributed by atoms with Gasteiger partial charge in [-0.15, -0.1) is 0 Å². The number of carbonyl (C=O) groups is 1. The number of hydrogen-bond acceptors (Lipinski definition) is 2. The molecule has 0 aliphatic heterocycles. The smallest absolute Gasteiger partial charge is 0.416 e. The van der Waals surface area contributed by atoms with Crippen molar-refractivity contribution in [3.8, 4) is 5.75 Å². The molecule has 0 unspecified atom stereocenters. The summed E-state index contributed by atoms with van der Waals surface area (Å²) < 4.78 is 43.9. The van der Waals surface area contributed by atoms with E-state index in [1.165, 1.54) is 6.07 Å². The number of hydrogen-bond donors (Lipinski definition) is 1. The number of methoxy groups -OCH3 is 1. The molecule has 2 rings (SSSR count). The molecule has 2 aromatic carbocycles. The van der Waals surface area contributed by atoms with Gasteiger partial charge in [0, 0.05) is 18.4 Å². The van der Waals surface area contributed by atoms with Crippen LogP contribution in [0.3, 0.4) is 0 Å². The second kappa shape index (κ2) is 8.46. The minimum absolute atomic E-state index is 0.141. The van der Waals surface area contributed by atoms with Gasteiger partial charge in [-0.05, 0) is 35.7 Å². The van der Waals surface area contributed by atoms with E-state index >= 15 is 0 Å². The summed E-state index contributed by atoms with van der Waals surface area (Å²) in [4.78, 5) is 12.2. The van der Waals surface area contributed by atoms with Gasteiger partial charge in [-0.1, -0.05) is 44.2 Å². The summed E-state index contributed by atoms with van der Waals surface area (Å²) in [5.41, 5.74) is 0.219. The molecule has 146 valence electrons. The van der Waals surface area contributed by atoms with Crippen molar-refractivity contribution in [2.45, 2.75) is 38.3 Å². The molecule has 2 aromatic rings. The zero-order valence-corrected chi connectivity index (χ0v) is 15.7. The topological polar surface area (TPSA) is 38.3 Å². The zero-order chi connectivity index (χ0) is 20.1. The molecule has 6 heteroatoms. The maximum atomic E-state index is 12.9. The monoisotopic (exact) mass is 379 g/mol. The number of ether oxygens (including phenoxy) is 1. The first kappa shape index (κ1) is 20.8. The first-order valence-electron chi connectivity index (χ1n) is 8.69. The Morgan fingerprint density at radius 2 is 1.70 bits per heavy atom. The van der Waals surface area contributed by atoms with Gasteiger partial charge < -0.3 is 10.1 Å². The maximum Gasteiger partial charge on any atom is 0.416 e. The number of nitrogens with one attached hydrogen (secondary N) is 1. The second-order valence-electron chi connectivity index (χ2n) is 7.09. The van der Waals surface area contributed by atoms with Crippen molar-refractivity contribution >= 4 is 5.91 Å². The van der Waals surface area contributed by atoms with Crippen molar-refractivity contribution in [1.82, 2.24) is 5.32 Å². The molecule has 0 bridgehead atoms. The maximum absolute atomic E-state index is 12.9. The van der Waals surface area contributed by atoms with E-state index in [2.05, 4.69) is 5.32 Å². The fourth-order valence-electron chi connectivity index (χ4n) is 2.71. The van der Waals surface area contributed by atoms with Crippen LogP contribution in [0.25, 0.3) is 0 Å². The van der Waals surface area contributed by atoms with Crippen molar-refractivity contribution in [2.75, 3.05) is 13.7 Å². The van der Waals surface area contributed by atoms with Crippen LogP contribution < -0.4 is 10.1 Å². The predicted molar refractivity (Wildman–Crippen MR) is 98.8 cm³/mol. The predicted octanol–water partition coefficient (Wildman–Crippen LogP) is 4.74. The molecular weight excluding hydrogens is 355 g/mol. The minimum Gasteiger partial charge on any atom is -0.497 e. The molecule has 0 saturated heterocycles. The number of carbonyl (C=O) groups excluding carboxylic acids is 1. The normalized spacial score (nSPS) is 11.9. The van der Waals surface area contributed by atoms with Crippen LogP contribution in [0.15, 0.2) is 48.5 Å². The fourth-order valence-corrected chi connectivity index (χ4v) is 2.71. The molecule has 3 nitrogen and oxygen atoms in total. The number of halogens is 3. The number of rotatable bonds is 7. The lowest BCUT2D eigenvalue weighted by molar-refractivity contribution is -0.137. The van der Waals surface area contributed by atoms with Crippen LogP contribution in [0.5, 0.6) is 5.75 Å². The van der Waals surface area contributed by atoms with Gasteiger partial charge in [-0.3, -0.25) is 4.79 Å². The number of alkyl halides is 3. The van der Waals surface area contributed by atoms with Crippen molar-refractivity contribution in [1.29, 1.82) is 0 Å². The van der Waals surface area contributed by atoms with Crippen molar-refractivity contribution in [2.24, 2.45) is 0 Å². The lowest BCUT2D eigenvalue weighted by atomic mass is 9.83. The third kappa shape index (κ3) is 6.01. The van der Waals surface area contributed by atoms with Crippen molar-refractivity contribution in [3.63, 3.8) is 0 Å². The van der Waals surface area contributed by atoms with Gasteiger partial charge in [-0.2, -0.15) is 13.2 Å². The van der Waals surface area contributed by atoms with Crippen LogP contribution in [-0.4, -0.2) is 19.6 Å². The highest BCUT2D eigenvalue weighted by molar-refractivity contribution is 5.76. The van der Waals surface area contributed by atoms with Crippen LogP contribution in [0, 0.1) is 0 Å². The lowest BCUT2D eigenvalue weighted by Crippen LogP contribution is -2.36. The van der Waals surface area contributed by atoms with Gasteiger partial charge in [0.25, 0.3) is 0 Å². The Hall–Kier alpha value is -2.50. The van der Waals surface area contributed by atoms with Gasteiger partial charge in [0.15, 0.2) is 0 Å². The third-order valence-corrected chi connectivity index (χ3v) is 4.47. The van der Waals surface area contributed by atoms with Gasteiger partial charge >= 0.3 is 6.18 Å². The van der Waals surface area contributed by atoms with E-state index in [-0.39, 0.29) is 12.5 Å². The van der Waals surface area contributed by atoms with Crippen molar-refractivity contribution < 1.29 is 22.7 Å². The molecule has 0 spiro atoms. The van der Waals surface area contributed by atoms with Crippen LogP contribution in [0.1, 0.15) is 37.0 Å². The summed E-state index contributed by atoms with van der Waals surface area (Å²) in [6.45, 7) is 3.88. The minimum atomic E-state index is -4.38. The SMILES string of the molecule is COc1cccc(CCC(=O)NCC(C)(C)c2cccc(C(F)(F)F)c2)c1. The summed E-state index contributed by atoms with van der Waals surface area (Å²) in [6, 6.07) is 12.7. The van der Waals surface area contributed by atoms with Crippen LogP contribution in [0.4, 0.5) is 13.2 Å². The number of aryl methyl sites for hydroxylation is 1. The largest absolute Gasteiger partial charge is 0.497 e. The van der Waals surface area contributed by atoms with Crippen LogP contribution in [0.2, 0.25) is 0 Å². The second-order valence-corrected chi connectivity index (χ2v) is 7.09. The van der Waals surface area contributed by atoms with E-state index < -0.39 is 17.2 Å². The zero-order valence-electron chi connectivity index (χ0n) is 15.7. The van der Waals surface area contributed by atoms with Gasteiger partial charge in [0.2, 0.25) is 5.91 Å². The first-order chi connectivity index (χ1) is 12.6. The van der Waals surface area contributed by atoms with E-state index in [1.807, 2.05) is 38.1 Å². The molecule has 1 amide bonds. The number of amides is 1. The molecule has 1 N–H and O–H groups in total. The Labute approximate surface area is 157 Å². The molecule has 0 aliphatic carbocycles. The summed E-state index contributed by atoms with van der Waals surface area (Å²) >= 11 is 0. The molecule has 0 fully saturated rings.